The monoisotopic (exact) mass is 220 g/mol. The van der Waals surface area contributed by atoms with Gasteiger partial charge in [-0.1, -0.05) is 6.07 Å². The van der Waals surface area contributed by atoms with Gasteiger partial charge in [-0.3, -0.25) is 0 Å². The number of carboxylic acid groups (broad SMARTS) is 1. The summed E-state index contributed by atoms with van der Waals surface area (Å²) in [5.41, 5.74) is 3.06. The van der Waals surface area contributed by atoms with Gasteiger partial charge in [0.1, 0.15) is 12.4 Å². The van der Waals surface area contributed by atoms with Crippen molar-refractivity contribution in [3.63, 3.8) is 0 Å². The molecule has 0 saturated carbocycles. The summed E-state index contributed by atoms with van der Waals surface area (Å²) in [5.74, 6) is -0.178. The van der Waals surface area contributed by atoms with Gasteiger partial charge in [-0.2, -0.15) is 0 Å². The van der Waals surface area contributed by atoms with Crippen LogP contribution in [-0.4, -0.2) is 17.7 Å². The first-order chi connectivity index (χ1) is 7.49. The van der Waals surface area contributed by atoms with Gasteiger partial charge in [0.2, 0.25) is 0 Å². The van der Waals surface area contributed by atoms with Crippen LogP contribution in [0.2, 0.25) is 0 Å². The van der Waals surface area contributed by atoms with E-state index in [1.165, 1.54) is 5.56 Å². The average molecular weight is 220 g/mol. The van der Waals surface area contributed by atoms with Crippen molar-refractivity contribution in [3.8, 4) is 5.75 Å². The molecule has 1 rings (SSSR count). The van der Waals surface area contributed by atoms with Crippen LogP contribution >= 0.6 is 0 Å². The van der Waals surface area contributed by atoms with Crippen LogP contribution in [0.25, 0.3) is 0 Å². The average Bonchev–Trinajstić information content (AvgIpc) is 2.19. The lowest BCUT2D eigenvalue weighted by Crippen LogP contribution is -2.01. The highest BCUT2D eigenvalue weighted by Gasteiger charge is 1.99. The van der Waals surface area contributed by atoms with Gasteiger partial charge in [0, 0.05) is 6.08 Å². The van der Waals surface area contributed by atoms with Gasteiger partial charge in [0.15, 0.2) is 0 Å². The number of hydrogen-bond donors (Lipinski definition) is 1. The zero-order valence-corrected chi connectivity index (χ0v) is 9.78. The topological polar surface area (TPSA) is 46.5 Å². The zero-order chi connectivity index (χ0) is 12.1. The Morgan fingerprint density at radius 2 is 2.06 bits per heavy atom. The zero-order valence-electron chi connectivity index (χ0n) is 9.78. The lowest BCUT2D eigenvalue weighted by molar-refractivity contribution is -0.131. The molecule has 0 aromatic heterocycles. The van der Waals surface area contributed by atoms with Crippen molar-refractivity contribution in [2.24, 2.45) is 0 Å². The van der Waals surface area contributed by atoms with E-state index in [0.29, 0.717) is 12.2 Å². The molecule has 0 spiro atoms. The summed E-state index contributed by atoms with van der Waals surface area (Å²) in [6, 6.07) is 5.82. The number of aryl methyl sites for hydroxylation is 2. The van der Waals surface area contributed by atoms with Gasteiger partial charge in [-0.05, 0) is 49.6 Å². The number of aliphatic carboxylic acids is 1. The van der Waals surface area contributed by atoms with E-state index < -0.39 is 5.97 Å². The predicted molar refractivity (Wildman–Crippen MR) is 62.8 cm³/mol. The second kappa shape index (κ2) is 5.35. The molecule has 16 heavy (non-hydrogen) atoms. The van der Waals surface area contributed by atoms with E-state index in [1.54, 1.807) is 6.92 Å². The van der Waals surface area contributed by atoms with Crippen molar-refractivity contribution in [1.29, 1.82) is 0 Å². The minimum absolute atomic E-state index is 0.300. The fourth-order valence-corrected chi connectivity index (χ4v) is 1.25. The molecule has 1 aromatic rings. The SMILES string of the molecule is C/C(=C\C(=O)O)COc1ccc(C)c(C)c1. The molecule has 0 aliphatic heterocycles. The van der Waals surface area contributed by atoms with Crippen LogP contribution in [0.4, 0.5) is 0 Å². The van der Waals surface area contributed by atoms with Gasteiger partial charge in [-0.15, -0.1) is 0 Å². The Hall–Kier alpha value is -1.77. The van der Waals surface area contributed by atoms with E-state index in [2.05, 4.69) is 0 Å². The van der Waals surface area contributed by atoms with Crippen LogP contribution in [0.15, 0.2) is 29.8 Å². The summed E-state index contributed by atoms with van der Waals surface area (Å²) in [7, 11) is 0. The predicted octanol–water partition coefficient (Wildman–Crippen LogP) is 2.71. The van der Waals surface area contributed by atoms with Crippen molar-refractivity contribution in [2.75, 3.05) is 6.61 Å². The van der Waals surface area contributed by atoms with E-state index in [4.69, 9.17) is 9.84 Å². The molecule has 86 valence electrons. The molecular formula is C13H16O3. The molecule has 0 amide bonds. The quantitative estimate of drug-likeness (QED) is 0.793. The van der Waals surface area contributed by atoms with Gasteiger partial charge in [0.05, 0.1) is 0 Å². The molecule has 0 aliphatic rings. The fraction of sp³-hybridized carbons (Fsp3) is 0.308. The van der Waals surface area contributed by atoms with Crippen molar-refractivity contribution >= 4 is 5.97 Å². The second-order valence-electron chi connectivity index (χ2n) is 3.86. The summed E-state index contributed by atoms with van der Waals surface area (Å²) in [5, 5.41) is 8.53. The Kier molecular flexibility index (Phi) is 4.11. The van der Waals surface area contributed by atoms with Crippen molar-refractivity contribution < 1.29 is 14.6 Å². The maximum absolute atomic E-state index is 10.4. The normalized spacial score (nSPS) is 11.3. The lowest BCUT2D eigenvalue weighted by Gasteiger charge is -2.08. The lowest BCUT2D eigenvalue weighted by atomic mass is 10.1. The molecule has 1 N–H and O–H groups in total. The third kappa shape index (κ3) is 3.77. The maximum Gasteiger partial charge on any atom is 0.328 e. The third-order valence-electron chi connectivity index (χ3n) is 2.31. The maximum atomic E-state index is 10.4. The smallest absolute Gasteiger partial charge is 0.328 e. The van der Waals surface area contributed by atoms with Gasteiger partial charge >= 0.3 is 5.97 Å². The standard InChI is InChI=1S/C13H16O3/c1-9(6-13(14)15)8-16-12-5-4-10(2)11(3)7-12/h4-7H,8H2,1-3H3,(H,14,15)/b9-6+. The number of benzene rings is 1. The molecule has 0 bridgehead atoms. The van der Waals surface area contributed by atoms with Crippen LogP contribution in [0.5, 0.6) is 5.75 Å². The first-order valence-corrected chi connectivity index (χ1v) is 5.09. The Morgan fingerprint density at radius 3 is 2.62 bits per heavy atom. The summed E-state index contributed by atoms with van der Waals surface area (Å²) >= 11 is 0. The van der Waals surface area contributed by atoms with E-state index in [1.807, 2.05) is 32.0 Å². The molecule has 0 aliphatic carbocycles. The minimum Gasteiger partial charge on any atom is -0.489 e. The first kappa shape index (κ1) is 12.3. The Labute approximate surface area is 95.4 Å². The van der Waals surface area contributed by atoms with E-state index in [0.717, 1.165) is 17.4 Å². The molecule has 0 atom stereocenters. The van der Waals surface area contributed by atoms with Crippen LogP contribution < -0.4 is 4.74 Å². The van der Waals surface area contributed by atoms with E-state index >= 15 is 0 Å². The molecule has 0 radical (unpaired) electrons. The van der Waals surface area contributed by atoms with Gasteiger partial charge < -0.3 is 9.84 Å². The summed E-state index contributed by atoms with van der Waals surface area (Å²) in [6.45, 7) is 6.08. The Bertz CT molecular complexity index is 419. The van der Waals surface area contributed by atoms with E-state index in [-0.39, 0.29) is 0 Å². The number of hydrogen-bond acceptors (Lipinski definition) is 2. The molecule has 3 nitrogen and oxygen atoms in total. The third-order valence-corrected chi connectivity index (χ3v) is 2.31. The largest absolute Gasteiger partial charge is 0.489 e. The Morgan fingerprint density at radius 1 is 1.38 bits per heavy atom. The number of carbonyl (C=O) groups is 1. The molecule has 0 heterocycles. The minimum atomic E-state index is -0.943. The first-order valence-electron chi connectivity index (χ1n) is 5.09. The van der Waals surface area contributed by atoms with Gasteiger partial charge in [0.25, 0.3) is 0 Å². The summed E-state index contributed by atoms with van der Waals surface area (Å²) < 4.78 is 5.47. The van der Waals surface area contributed by atoms with Crippen LogP contribution in [0.3, 0.4) is 0 Å². The second-order valence-corrected chi connectivity index (χ2v) is 3.86. The molecule has 0 saturated heterocycles. The number of rotatable bonds is 4. The molecule has 0 unspecified atom stereocenters. The molecule has 1 aromatic carbocycles. The van der Waals surface area contributed by atoms with Crippen molar-refractivity contribution in [3.05, 3.63) is 41.0 Å². The highest BCUT2D eigenvalue weighted by atomic mass is 16.5. The summed E-state index contributed by atoms with van der Waals surface area (Å²) in [4.78, 5) is 10.4. The number of ether oxygens (including phenoxy) is 1. The van der Waals surface area contributed by atoms with E-state index in [9.17, 15) is 4.79 Å². The van der Waals surface area contributed by atoms with Crippen LogP contribution in [0, 0.1) is 13.8 Å². The number of carboxylic acids is 1. The van der Waals surface area contributed by atoms with Gasteiger partial charge in [-0.25, -0.2) is 4.79 Å². The van der Waals surface area contributed by atoms with Crippen molar-refractivity contribution in [1.82, 2.24) is 0 Å². The summed E-state index contributed by atoms with van der Waals surface area (Å²) in [6.07, 6.45) is 1.15. The fourth-order valence-electron chi connectivity index (χ4n) is 1.25. The van der Waals surface area contributed by atoms with Crippen LogP contribution in [0.1, 0.15) is 18.1 Å². The molecular weight excluding hydrogens is 204 g/mol. The molecule has 0 fully saturated rings. The van der Waals surface area contributed by atoms with Crippen molar-refractivity contribution in [2.45, 2.75) is 20.8 Å². The Balaban J connectivity index is 2.61. The highest BCUT2D eigenvalue weighted by molar-refractivity contribution is 5.80. The van der Waals surface area contributed by atoms with Crippen LogP contribution in [-0.2, 0) is 4.79 Å². The highest BCUT2D eigenvalue weighted by Crippen LogP contribution is 2.16. The molecule has 3 heteroatoms.